The number of carbonyl (C=O) groups excluding carboxylic acids is 1. The van der Waals surface area contributed by atoms with E-state index in [1.54, 1.807) is 6.92 Å². The summed E-state index contributed by atoms with van der Waals surface area (Å²) in [6, 6.07) is 9.38. The Morgan fingerprint density at radius 2 is 1.96 bits per heavy atom. The fourth-order valence-electron chi connectivity index (χ4n) is 2.44. The number of hydrogen-bond donors (Lipinski definition) is 2. The molecule has 2 aromatic heterocycles. The topological polar surface area (TPSA) is 129 Å². The van der Waals surface area contributed by atoms with Crippen LogP contribution in [0.25, 0.3) is 0 Å². The highest BCUT2D eigenvalue weighted by molar-refractivity contribution is 5.91. The first-order valence-electron chi connectivity index (χ1n) is 8.40. The number of carbonyl (C=O) groups is 1. The van der Waals surface area contributed by atoms with E-state index in [0.29, 0.717) is 17.0 Å². The highest BCUT2D eigenvalue weighted by Gasteiger charge is 2.24. The number of anilines is 3. The highest BCUT2D eigenvalue weighted by atomic mass is 16.5. The quantitative estimate of drug-likeness (QED) is 0.631. The molecule has 0 fully saturated rings. The first-order valence-corrected chi connectivity index (χ1v) is 8.40. The van der Waals surface area contributed by atoms with Gasteiger partial charge in [-0.3, -0.25) is 0 Å². The van der Waals surface area contributed by atoms with Crippen LogP contribution in [0.3, 0.4) is 0 Å². The van der Waals surface area contributed by atoms with E-state index >= 15 is 0 Å². The average molecular weight is 368 g/mol. The number of nitrogens with one attached hydrogen (secondary N) is 1. The van der Waals surface area contributed by atoms with Crippen molar-refractivity contribution in [2.45, 2.75) is 33.3 Å². The SMILES string of the molecule is Cc1noc(C(C)C)c1C(=O)OCc1nc(N)nc(Nc2ccccc2)n1. The fraction of sp³-hybridized carbons (Fsp3) is 0.278. The second-order valence-corrected chi connectivity index (χ2v) is 6.16. The van der Waals surface area contributed by atoms with Gasteiger partial charge in [-0.25, -0.2) is 4.79 Å². The minimum absolute atomic E-state index is 0.00300. The molecule has 0 aliphatic heterocycles. The van der Waals surface area contributed by atoms with Crippen LogP contribution in [0.5, 0.6) is 0 Å². The first-order chi connectivity index (χ1) is 12.9. The molecule has 3 N–H and O–H groups in total. The molecule has 0 saturated heterocycles. The Kier molecular flexibility index (Phi) is 5.30. The Labute approximate surface area is 156 Å². The third kappa shape index (κ3) is 4.38. The van der Waals surface area contributed by atoms with E-state index in [-0.39, 0.29) is 30.2 Å². The van der Waals surface area contributed by atoms with Gasteiger partial charge in [0.05, 0.1) is 5.69 Å². The maximum Gasteiger partial charge on any atom is 0.344 e. The average Bonchev–Trinajstić information content (AvgIpc) is 3.02. The van der Waals surface area contributed by atoms with Gasteiger partial charge in [0, 0.05) is 11.6 Å². The Bertz CT molecular complexity index is 940. The summed E-state index contributed by atoms with van der Waals surface area (Å²) in [6.45, 7) is 5.35. The maximum atomic E-state index is 12.4. The summed E-state index contributed by atoms with van der Waals surface area (Å²) in [5.41, 5.74) is 7.34. The Morgan fingerprint density at radius 3 is 2.67 bits per heavy atom. The summed E-state index contributed by atoms with van der Waals surface area (Å²) < 4.78 is 10.5. The van der Waals surface area contributed by atoms with Crippen LogP contribution in [-0.4, -0.2) is 26.1 Å². The van der Waals surface area contributed by atoms with E-state index in [1.807, 2.05) is 44.2 Å². The second kappa shape index (κ2) is 7.81. The molecule has 9 heteroatoms. The summed E-state index contributed by atoms with van der Waals surface area (Å²) in [7, 11) is 0. The molecule has 27 heavy (non-hydrogen) atoms. The number of para-hydroxylation sites is 1. The van der Waals surface area contributed by atoms with Crippen LogP contribution >= 0.6 is 0 Å². The van der Waals surface area contributed by atoms with Crippen LogP contribution < -0.4 is 11.1 Å². The maximum absolute atomic E-state index is 12.4. The van der Waals surface area contributed by atoms with Gasteiger partial charge in [-0.05, 0) is 19.1 Å². The number of esters is 1. The number of benzene rings is 1. The number of nitrogens with two attached hydrogens (primary N) is 1. The molecule has 0 aliphatic carbocycles. The molecule has 3 rings (SSSR count). The van der Waals surface area contributed by atoms with E-state index in [1.165, 1.54) is 0 Å². The number of nitrogens with zero attached hydrogens (tertiary/aromatic N) is 4. The van der Waals surface area contributed by atoms with E-state index in [9.17, 15) is 4.79 Å². The zero-order valence-corrected chi connectivity index (χ0v) is 15.3. The number of aromatic nitrogens is 4. The third-order valence-corrected chi connectivity index (χ3v) is 3.68. The summed E-state index contributed by atoms with van der Waals surface area (Å²) in [6.07, 6.45) is 0. The van der Waals surface area contributed by atoms with E-state index in [4.69, 9.17) is 15.0 Å². The molecule has 0 radical (unpaired) electrons. The predicted molar refractivity (Wildman–Crippen MR) is 98.4 cm³/mol. The zero-order chi connectivity index (χ0) is 19.4. The van der Waals surface area contributed by atoms with Crippen LogP contribution in [0, 0.1) is 6.92 Å². The molecule has 140 valence electrons. The summed E-state index contributed by atoms with van der Waals surface area (Å²) in [5, 5.41) is 6.87. The van der Waals surface area contributed by atoms with E-state index < -0.39 is 5.97 Å². The molecular formula is C18H20N6O3. The van der Waals surface area contributed by atoms with Crippen LogP contribution in [0.1, 0.15) is 47.4 Å². The fourth-order valence-corrected chi connectivity index (χ4v) is 2.44. The van der Waals surface area contributed by atoms with Gasteiger partial charge in [0.25, 0.3) is 0 Å². The van der Waals surface area contributed by atoms with Crippen molar-refractivity contribution < 1.29 is 14.1 Å². The van der Waals surface area contributed by atoms with Crippen molar-refractivity contribution in [1.82, 2.24) is 20.1 Å². The van der Waals surface area contributed by atoms with Gasteiger partial charge in [-0.1, -0.05) is 37.2 Å². The third-order valence-electron chi connectivity index (χ3n) is 3.68. The van der Waals surface area contributed by atoms with Gasteiger partial charge in [-0.2, -0.15) is 15.0 Å². The standard InChI is InChI=1S/C18H20N6O3/c1-10(2)15-14(11(3)24-27-15)16(25)26-9-13-21-17(19)23-18(22-13)20-12-7-5-4-6-8-12/h4-8,10H,9H2,1-3H3,(H3,19,20,21,22,23). The van der Waals surface area contributed by atoms with Crippen LogP contribution in [-0.2, 0) is 11.3 Å². The van der Waals surface area contributed by atoms with Crippen molar-refractivity contribution in [3.05, 3.63) is 53.2 Å². The largest absolute Gasteiger partial charge is 0.454 e. The highest BCUT2D eigenvalue weighted by Crippen LogP contribution is 2.23. The minimum atomic E-state index is -0.547. The van der Waals surface area contributed by atoms with Gasteiger partial charge >= 0.3 is 5.97 Å². The molecule has 1 aromatic carbocycles. The Balaban J connectivity index is 1.73. The van der Waals surface area contributed by atoms with Gasteiger partial charge in [-0.15, -0.1) is 0 Å². The Hall–Kier alpha value is -3.49. The molecule has 9 nitrogen and oxygen atoms in total. The normalized spacial score (nSPS) is 10.8. The summed E-state index contributed by atoms with van der Waals surface area (Å²) in [5.74, 6) is 0.466. The van der Waals surface area contributed by atoms with Crippen molar-refractivity contribution in [2.24, 2.45) is 0 Å². The molecule has 0 unspecified atom stereocenters. The molecule has 0 amide bonds. The monoisotopic (exact) mass is 368 g/mol. The number of rotatable bonds is 6. The summed E-state index contributed by atoms with van der Waals surface area (Å²) >= 11 is 0. The van der Waals surface area contributed by atoms with Crippen molar-refractivity contribution in [2.75, 3.05) is 11.1 Å². The van der Waals surface area contributed by atoms with Crippen LogP contribution in [0.15, 0.2) is 34.9 Å². The van der Waals surface area contributed by atoms with Crippen LogP contribution in [0.4, 0.5) is 17.6 Å². The smallest absolute Gasteiger partial charge is 0.344 e. The molecule has 3 aromatic rings. The van der Waals surface area contributed by atoms with E-state index in [0.717, 1.165) is 5.69 Å². The number of aryl methyl sites for hydroxylation is 1. The molecule has 0 saturated carbocycles. The number of hydrogen-bond acceptors (Lipinski definition) is 9. The number of nitrogen functional groups attached to an aromatic ring is 1. The number of ether oxygens (including phenoxy) is 1. The molecule has 0 bridgehead atoms. The molecule has 0 atom stereocenters. The lowest BCUT2D eigenvalue weighted by Crippen LogP contribution is -2.12. The van der Waals surface area contributed by atoms with Gasteiger partial charge in [0.15, 0.2) is 18.2 Å². The van der Waals surface area contributed by atoms with Crippen LogP contribution in [0.2, 0.25) is 0 Å². The van der Waals surface area contributed by atoms with Gasteiger partial charge in [0.2, 0.25) is 11.9 Å². The first kappa shape index (κ1) is 18.3. The lowest BCUT2D eigenvalue weighted by Gasteiger charge is -2.08. The summed E-state index contributed by atoms with van der Waals surface area (Å²) in [4.78, 5) is 24.7. The molecule has 0 spiro atoms. The minimum Gasteiger partial charge on any atom is -0.454 e. The van der Waals surface area contributed by atoms with Gasteiger partial charge in [0.1, 0.15) is 5.56 Å². The van der Waals surface area contributed by atoms with Gasteiger partial charge < -0.3 is 20.3 Å². The molecular weight excluding hydrogens is 348 g/mol. The Morgan fingerprint density at radius 1 is 1.22 bits per heavy atom. The zero-order valence-electron chi connectivity index (χ0n) is 15.3. The van der Waals surface area contributed by atoms with Crippen molar-refractivity contribution in [1.29, 1.82) is 0 Å². The lowest BCUT2D eigenvalue weighted by atomic mass is 10.1. The van der Waals surface area contributed by atoms with Crippen molar-refractivity contribution >= 4 is 23.6 Å². The predicted octanol–water partition coefficient (Wildman–Crippen LogP) is 2.97. The van der Waals surface area contributed by atoms with E-state index in [2.05, 4.69) is 25.4 Å². The lowest BCUT2D eigenvalue weighted by molar-refractivity contribution is 0.0458. The van der Waals surface area contributed by atoms with Crippen molar-refractivity contribution in [3.8, 4) is 0 Å². The second-order valence-electron chi connectivity index (χ2n) is 6.16. The molecule has 0 aliphatic rings. The molecule has 2 heterocycles. The van der Waals surface area contributed by atoms with Crippen molar-refractivity contribution in [3.63, 3.8) is 0 Å².